The van der Waals surface area contributed by atoms with E-state index < -0.39 is 0 Å². The van der Waals surface area contributed by atoms with Gasteiger partial charge in [0.05, 0.1) is 12.1 Å². The third-order valence-corrected chi connectivity index (χ3v) is 10.00. The lowest BCUT2D eigenvalue weighted by Crippen LogP contribution is -2.45. The first-order valence-corrected chi connectivity index (χ1v) is 17.3. The highest BCUT2D eigenvalue weighted by atomic mass is 15.2. The molecule has 0 spiro atoms. The molecular weight excluding hydrogens is 556 g/mol. The van der Waals surface area contributed by atoms with Crippen LogP contribution in [0.4, 0.5) is 0 Å². The van der Waals surface area contributed by atoms with Gasteiger partial charge in [0.2, 0.25) is 0 Å². The fourth-order valence-corrected chi connectivity index (χ4v) is 6.72. The van der Waals surface area contributed by atoms with E-state index >= 15 is 0 Å². The number of hydrogen-bond acceptors (Lipinski definition) is 2. The summed E-state index contributed by atoms with van der Waals surface area (Å²) in [6.45, 7) is 23.4. The van der Waals surface area contributed by atoms with E-state index in [0.717, 1.165) is 36.6 Å². The molecular formula is C44H58N2. The van der Waals surface area contributed by atoms with Gasteiger partial charge in [-0.15, -0.1) is 0 Å². The van der Waals surface area contributed by atoms with Gasteiger partial charge >= 0.3 is 0 Å². The number of likely N-dealkylation sites (N-methyl/N-ethyl adjacent to an activating group) is 2. The molecule has 0 bridgehead atoms. The number of hydrogen-bond donors (Lipinski definition) is 0. The molecule has 0 aliphatic heterocycles. The normalized spacial score (nSPS) is 18.1. The molecule has 1 unspecified atom stereocenters. The van der Waals surface area contributed by atoms with Crippen LogP contribution in [-0.2, 0) is 12.8 Å². The van der Waals surface area contributed by atoms with Crippen molar-refractivity contribution in [1.29, 1.82) is 0 Å². The summed E-state index contributed by atoms with van der Waals surface area (Å²) >= 11 is 0. The third-order valence-electron chi connectivity index (χ3n) is 10.00. The molecule has 1 aliphatic rings. The average Bonchev–Trinajstić information content (AvgIpc) is 3.05. The minimum absolute atomic E-state index is 0.0387. The third kappa shape index (κ3) is 9.86. The van der Waals surface area contributed by atoms with Crippen molar-refractivity contribution in [2.24, 2.45) is 17.3 Å². The highest BCUT2D eigenvalue weighted by Crippen LogP contribution is 2.37. The zero-order valence-corrected chi connectivity index (χ0v) is 29.5. The predicted octanol–water partition coefficient (Wildman–Crippen LogP) is 11.1. The van der Waals surface area contributed by atoms with Crippen molar-refractivity contribution in [1.82, 2.24) is 9.80 Å². The minimum Gasteiger partial charge on any atom is -0.370 e. The van der Waals surface area contributed by atoms with Crippen LogP contribution in [0, 0.1) is 17.3 Å². The summed E-state index contributed by atoms with van der Waals surface area (Å²) in [7, 11) is 4.42. The number of rotatable bonds is 14. The molecule has 4 rings (SSSR count). The summed E-state index contributed by atoms with van der Waals surface area (Å²) in [5.41, 5.74) is 8.81. The van der Waals surface area contributed by atoms with Gasteiger partial charge in [-0.25, -0.2) is 0 Å². The molecule has 0 amide bonds. The fourth-order valence-electron chi connectivity index (χ4n) is 6.72. The maximum atomic E-state index is 4.82. The van der Waals surface area contributed by atoms with Crippen molar-refractivity contribution in [3.63, 3.8) is 0 Å². The van der Waals surface area contributed by atoms with Gasteiger partial charge in [-0.3, -0.25) is 0 Å². The van der Waals surface area contributed by atoms with E-state index in [4.69, 9.17) is 13.2 Å². The van der Waals surface area contributed by atoms with Crippen molar-refractivity contribution >= 4 is 0 Å². The molecule has 46 heavy (non-hydrogen) atoms. The molecule has 2 nitrogen and oxygen atoms in total. The van der Waals surface area contributed by atoms with Gasteiger partial charge in [0.25, 0.3) is 0 Å². The molecule has 0 aromatic heterocycles. The second kappa shape index (κ2) is 16.2. The number of benzene rings is 3. The van der Waals surface area contributed by atoms with E-state index in [9.17, 15) is 0 Å². The summed E-state index contributed by atoms with van der Waals surface area (Å²) in [4.78, 5) is 4.77. The SMILES string of the molecule is C=C(C1CCC(C)CC1)C(Cc1ccccc1)N(C)C(=C)[C@@H](Cc1ccc(-c2ccccc2)cc1)N(C)C(=C)/C=C/CC(C)(C)C. The fraction of sp³-hybridized carbons (Fsp3) is 0.409. The van der Waals surface area contributed by atoms with E-state index in [1.165, 1.54) is 53.5 Å². The van der Waals surface area contributed by atoms with Crippen molar-refractivity contribution < 1.29 is 0 Å². The molecule has 2 atom stereocenters. The minimum atomic E-state index is 0.0387. The molecule has 3 aromatic carbocycles. The Labute approximate surface area is 281 Å². The Morgan fingerprint density at radius 2 is 1.24 bits per heavy atom. The van der Waals surface area contributed by atoms with Gasteiger partial charge in [-0.05, 0) is 77.7 Å². The monoisotopic (exact) mass is 614 g/mol. The van der Waals surface area contributed by atoms with E-state index in [1.54, 1.807) is 0 Å². The van der Waals surface area contributed by atoms with Crippen LogP contribution in [0.5, 0.6) is 0 Å². The summed E-state index contributed by atoms with van der Waals surface area (Å²) in [5.74, 6) is 1.37. The molecule has 0 saturated heterocycles. The second-order valence-electron chi connectivity index (χ2n) is 14.9. The first kappa shape index (κ1) is 35.1. The van der Waals surface area contributed by atoms with Crippen LogP contribution in [0.25, 0.3) is 11.1 Å². The lowest BCUT2D eigenvalue weighted by atomic mass is 9.76. The maximum absolute atomic E-state index is 4.82. The van der Waals surface area contributed by atoms with Crippen molar-refractivity contribution in [2.75, 3.05) is 14.1 Å². The largest absolute Gasteiger partial charge is 0.370 e. The average molecular weight is 615 g/mol. The molecule has 2 heteroatoms. The standard InChI is InChI=1S/C44H58N2/c1-33-22-26-39(27-23-33)35(3)42(31-37-18-12-10-13-19-37)46(9)36(4)43(45(8)34(2)17-16-30-44(5,6)7)32-38-24-28-41(29-25-38)40-20-14-11-15-21-40/h10-21,24-25,28-29,33,39,42-43H,2-4,22-23,26-27,30-32H2,1,5-9H3/b17-16+/t33?,39?,42?,43-/m1/s1. The summed E-state index contributed by atoms with van der Waals surface area (Å²) in [6.07, 6.45) is 12.3. The summed E-state index contributed by atoms with van der Waals surface area (Å²) in [6, 6.07) is 30.8. The van der Waals surface area contributed by atoms with Crippen molar-refractivity contribution in [2.45, 2.75) is 84.7 Å². The van der Waals surface area contributed by atoms with E-state index in [2.05, 4.69) is 155 Å². The highest BCUT2D eigenvalue weighted by molar-refractivity contribution is 5.63. The van der Waals surface area contributed by atoms with E-state index in [-0.39, 0.29) is 17.5 Å². The van der Waals surface area contributed by atoms with Gasteiger partial charge in [0.15, 0.2) is 0 Å². The van der Waals surface area contributed by atoms with Gasteiger partial charge < -0.3 is 9.80 Å². The predicted molar refractivity (Wildman–Crippen MR) is 201 cm³/mol. The highest BCUT2D eigenvalue weighted by Gasteiger charge is 2.31. The van der Waals surface area contributed by atoms with Crippen LogP contribution in [0.1, 0.15) is 70.9 Å². The van der Waals surface area contributed by atoms with Crippen LogP contribution >= 0.6 is 0 Å². The molecule has 1 saturated carbocycles. The molecule has 1 fully saturated rings. The molecule has 0 N–H and O–H groups in total. The van der Waals surface area contributed by atoms with Gasteiger partial charge in [-0.1, -0.05) is 157 Å². The Balaban J connectivity index is 1.63. The first-order chi connectivity index (χ1) is 21.9. The molecule has 244 valence electrons. The van der Waals surface area contributed by atoms with E-state index in [0.29, 0.717) is 5.92 Å². The number of allylic oxidation sites excluding steroid dienone is 2. The Morgan fingerprint density at radius 3 is 1.83 bits per heavy atom. The van der Waals surface area contributed by atoms with Gasteiger partial charge in [-0.2, -0.15) is 0 Å². The Kier molecular flexibility index (Phi) is 12.3. The second-order valence-corrected chi connectivity index (χ2v) is 14.9. The van der Waals surface area contributed by atoms with Crippen LogP contribution in [0.15, 0.2) is 134 Å². The quantitative estimate of drug-likeness (QED) is 0.132. The smallest absolute Gasteiger partial charge is 0.0721 e. The van der Waals surface area contributed by atoms with Crippen LogP contribution in [0.3, 0.4) is 0 Å². The summed E-state index contributed by atoms with van der Waals surface area (Å²) < 4.78 is 0. The maximum Gasteiger partial charge on any atom is 0.0721 e. The number of nitrogens with zero attached hydrogens (tertiary/aromatic N) is 2. The molecule has 1 aliphatic carbocycles. The van der Waals surface area contributed by atoms with Crippen LogP contribution < -0.4 is 0 Å². The van der Waals surface area contributed by atoms with Gasteiger partial charge in [0, 0.05) is 25.5 Å². The lowest BCUT2D eigenvalue weighted by Gasteiger charge is -2.42. The Hall–Kier alpha value is -3.78. The van der Waals surface area contributed by atoms with E-state index in [1.807, 2.05) is 0 Å². The summed E-state index contributed by atoms with van der Waals surface area (Å²) in [5, 5.41) is 0. The first-order valence-electron chi connectivity index (χ1n) is 17.3. The molecule has 3 aromatic rings. The van der Waals surface area contributed by atoms with Crippen molar-refractivity contribution in [3.05, 3.63) is 145 Å². The molecule has 0 heterocycles. The van der Waals surface area contributed by atoms with Crippen LogP contribution in [-0.4, -0.2) is 36.0 Å². The Morgan fingerprint density at radius 1 is 0.717 bits per heavy atom. The zero-order valence-electron chi connectivity index (χ0n) is 29.5. The van der Waals surface area contributed by atoms with Gasteiger partial charge in [0.1, 0.15) is 0 Å². The van der Waals surface area contributed by atoms with Crippen molar-refractivity contribution in [3.8, 4) is 11.1 Å². The zero-order chi connectivity index (χ0) is 33.3. The Bertz CT molecular complexity index is 1430. The molecule has 0 radical (unpaired) electrons. The van der Waals surface area contributed by atoms with Crippen LogP contribution in [0.2, 0.25) is 0 Å². The topological polar surface area (TPSA) is 6.48 Å². The lowest BCUT2D eigenvalue weighted by molar-refractivity contribution is 0.228.